The van der Waals surface area contributed by atoms with Crippen molar-refractivity contribution >= 4 is 0 Å². The van der Waals surface area contributed by atoms with E-state index in [9.17, 15) is 0 Å². The van der Waals surface area contributed by atoms with Gasteiger partial charge in [0.2, 0.25) is 0 Å². The monoisotopic (exact) mass is 215 g/mol. The first kappa shape index (κ1) is 14.9. The van der Waals surface area contributed by atoms with Crippen LogP contribution in [0.3, 0.4) is 0 Å². The van der Waals surface area contributed by atoms with Gasteiger partial charge in [-0.15, -0.1) is 0 Å². The van der Waals surface area contributed by atoms with Gasteiger partial charge < -0.3 is 10.5 Å². The second-order valence-corrected chi connectivity index (χ2v) is 4.67. The molecule has 0 aromatic rings. The molecule has 15 heavy (non-hydrogen) atoms. The van der Waals surface area contributed by atoms with Gasteiger partial charge in [0.25, 0.3) is 0 Å². The van der Waals surface area contributed by atoms with Crippen LogP contribution in [-0.2, 0) is 4.74 Å². The molecule has 0 rings (SSSR count). The second-order valence-electron chi connectivity index (χ2n) is 4.67. The maximum Gasteiger partial charge on any atom is 0.0465 e. The summed E-state index contributed by atoms with van der Waals surface area (Å²) in [5, 5.41) is 0. The van der Waals surface area contributed by atoms with E-state index in [4.69, 9.17) is 10.5 Å². The number of ether oxygens (including phenoxy) is 1. The second kappa shape index (κ2) is 9.17. The summed E-state index contributed by atoms with van der Waals surface area (Å²) >= 11 is 0. The van der Waals surface area contributed by atoms with Crippen molar-refractivity contribution in [1.29, 1.82) is 0 Å². The lowest BCUT2D eigenvalue weighted by Crippen LogP contribution is -2.36. The van der Waals surface area contributed by atoms with E-state index in [1.165, 1.54) is 25.7 Å². The van der Waals surface area contributed by atoms with E-state index in [-0.39, 0.29) is 0 Å². The molecule has 0 radical (unpaired) electrons. The fourth-order valence-corrected chi connectivity index (χ4v) is 2.23. The molecule has 2 atom stereocenters. The van der Waals surface area contributed by atoms with Gasteiger partial charge in [-0.2, -0.15) is 0 Å². The predicted molar refractivity (Wildman–Crippen MR) is 66.9 cm³/mol. The van der Waals surface area contributed by atoms with Crippen LogP contribution in [0.4, 0.5) is 0 Å². The highest BCUT2D eigenvalue weighted by molar-refractivity contribution is 4.77. The molecular formula is C13H29NO. The van der Waals surface area contributed by atoms with Crippen molar-refractivity contribution in [3.8, 4) is 0 Å². The fraction of sp³-hybridized carbons (Fsp3) is 1.00. The van der Waals surface area contributed by atoms with Gasteiger partial charge in [0.15, 0.2) is 0 Å². The van der Waals surface area contributed by atoms with E-state index in [0.29, 0.717) is 17.9 Å². The Bertz CT molecular complexity index is 132. The zero-order valence-corrected chi connectivity index (χ0v) is 11.0. The zero-order chi connectivity index (χ0) is 11.7. The summed E-state index contributed by atoms with van der Waals surface area (Å²) in [5.74, 6) is 1.28. The Morgan fingerprint density at radius 1 is 1.07 bits per heavy atom. The van der Waals surface area contributed by atoms with Gasteiger partial charge in [0.05, 0.1) is 0 Å². The molecule has 0 amide bonds. The van der Waals surface area contributed by atoms with E-state index in [0.717, 1.165) is 13.0 Å². The molecule has 0 bridgehead atoms. The van der Waals surface area contributed by atoms with Crippen molar-refractivity contribution in [2.45, 2.75) is 58.9 Å². The summed E-state index contributed by atoms with van der Waals surface area (Å²) < 4.78 is 5.11. The van der Waals surface area contributed by atoms with E-state index in [1.807, 2.05) is 0 Å². The minimum absolute atomic E-state index is 0.347. The summed E-state index contributed by atoms with van der Waals surface area (Å²) in [6, 6.07) is 0.347. The largest absolute Gasteiger partial charge is 0.385 e. The molecule has 0 aromatic heterocycles. The quantitative estimate of drug-likeness (QED) is 0.641. The lowest BCUT2D eigenvalue weighted by atomic mass is 9.83. The van der Waals surface area contributed by atoms with Crippen LogP contribution >= 0.6 is 0 Å². The lowest BCUT2D eigenvalue weighted by Gasteiger charge is -2.28. The number of hydrogen-bond donors (Lipinski definition) is 1. The molecule has 2 unspecified atom stereocenters. The third-order valence-electron chi connectivity index (χ3n) is 3.30. The number of nitrogens with two attached hydrogens (primary N) is 1. The molecule has 0 spiro atoms. The topological polar surface area (TPSA) is 35.2 Å². The van der Waals surface area contributed by atoms with E-state index >= 15 is 0 Å². The van der Waals surface area contributed by atoms with Crippen molar-refractivity contribution < 1.29 is 4.74 Å². The molecule has 0 saturated heterocycles. The Balaban J connectivity index is 4.02. The van der Waals surface area contributed by atoms with Crippen molar-refractivity contribution in [2.24, 2.45) is 17.6 Å². The minimum atomic E-state index is 0.347. The third kappa shape index (κ3) is 6.16. The van der Waals surface area contributed by atoms with Gasteiger partial charge >= 0.3 is 0 Å². The highest BCUT2D eigenvalue weighted by Crippen LogP contribution is 2.23. The summed E-state index contributed by atoms with van der Waals surface area (Å²) in [4.78, 5) is 0. The van der Waals surface area contributed by atoms with Gasteiger partial charge in [0.1, 0.15) is 0 Å². The molecular weight excluding hydrogens is 186 g/mol. The third-order valence-corrected chi connectivity index (χ3v) is 3.30. The highest BCUT2D eigenvalue weighted by atomic mass is 16.5. The Morgan fingerprint density at radius 2 is 1.60 bits per heavy atom. The normalized spacial score (nSPS) is 15.6. The van der Waals surface area contributed by atoms with Crippen molar-refractivity contribution in [2.75, 3.05) is 13.7 Å². The Morgan fingerprint density at radius 3 is 2.00 bits per heavy atom. The lowest BCUT2D eigenvalue weighted by molar-refractivity contribution is 0.163. The highest BCUT2D eigenvalue weighted by Gasteiger charge is 2.21. The standard InChI is InChI=1S/C13H29NO/c1-5-7-12(8-6-2)13(14)11(3)9-10-15-4/h11-13H,5-10,14H2,1-4H3. The van der Waals surface area contributed by atoms with Crippen molar-refractivity contribution in [3.63, 3.8) is 0 Å². The Hall–Kier alpha value is -0.0800. The van der Waals surface area contributed by atoms with Crippen LogP contribution in [0.15, 0.2) is 0 Å². The molecule has 2 nitrogen and oxygen atoms in total. The smallest absolute Gasteiger partial charge is 0.0465 e. The van der Waals surface area contributed by atoms with Crippen LogP contribution in [0.25, 0.3) is 0 Å². The minimum Gasteiger partial charge on any atom is -0.385 e. The summed E-state index contributed by atoms with van der Waals surface area (Å²) in [7, 11) is 1.76. The maximum atomic E-state index is 6.32. The van der Waals surface area contributed by atoms with Crippen LogP contribution < -0.4 is 5.73 Å². The molecule has 2 N–H and O–H groups in total. The Kier molecular flexibility index (Phi) is 9.12. The molecule has 2 heteroatoms. The van der Waals surface area contributed by atoms with Crippen LogP contribution in [0.2, 0.25) is 0 Å². The number of rotatable bonds is 9. The average molecular weight is 215 g/mol. The van der Waals surface area contributed by atoms with Gasteiger partial charge in [-0.3, -0.25) is 0 Å². The molecule has 0 fully saturated rings. The van der Waals surface area contributed by atoms with Crippen LogP contribution in [0.1, 0.15) is 52.9 Å². The summed E-state index contributed by atoms with van der Waals surface area (Å²) in [6.07, 6.45) is 6.12. The van der Waals surface area contributed by atoms with Gasteiger partial charge in [-0.1, -0.05) is 33.6 Å². The molecule has 92 valence electrons. The SMILES string of the molecule is CCCC(CCC)C(N)C(C)CCOC. The van der Waals surface area contributed by atoms with Crippen LogP contribution in [0.5, 0.6) is 0 Å². The number of hydrogen-bond acceptors (Lipinski definition) is 2. The fourth-order valence-electron chi connectivity index (χ4n) is 2.23. The van der Waals surface area contributed by atoms with Gasteiger partial charge in [0, 0.05) is 19.8 Å². The number of methoxy groups -OCH3 is 1. The average Bonchev–Trinajstić information content (AvgIpc) is 2.24. The van der Waals surface area contributed by atoms with E-state index in [1.54, 1.807) is 7.11 Å². The van der Waals surface area contributed by atoms with Crippen molar-refractivity contribution in [1.82, 2.24) is 0 Å². The van der Waals surface area contributed by atoms with E-state index in [2.05, 4.69) is 20.8 Å². The van der Waals surface area contributed by atoms with Crippen LogP contribution in [-0.4, -0.2) is 19.8 Å². The van der Waals surface area contributed by atoms with Gasteiger partial charge in [-0.05, 0) is 31.1 Å². The van der Waals surface area contributed by atoms with E-state index < -0.39 is 0 Å². The Labute approximate surface area is 95.6 Å². The molecule has 0 heterocycles. The molecule has 0 saturated carbocycles. The molecule has 0 aliphatic carbocycles. The molecule has 0 aliphatic heterocycles. The first-order valence-corrected chi connectivity index (χ1v) is 6.41. The molecule has 0 aromatic carbocycles. The predicted octanol–water partition coefficient (Wildman–Crippen LogP) is 3.20. The first-order valence-electron chi connectivity index (χ1n) is 6.41. The van der Waals surface area contributed by atoms with Crippen molar-refractivity contribution in [3.05, 3.63) is 0 Å². The molecule has 0 aliphatic rings. The zero-order valence-electron chi connectivity index (χ0n) is 11.0. The summed E-state index contributed by atoms with van der Waals surface area (Å²) in [6.45, 7) is 7.58. The summed E-state index contributed by atoms with van der Waals surface area (Å²) in [5.41, 5.74) is 6.32. The maximum absolute atomic E-state index is 6.32. The van der Waals surface area contributed by atoms with Crippen LogP contribution in [0, 0.1) is 11.8 Å². The first-order chi connectivity index (χ1) is 7.17. The van der Waals surface area contributed by atoms with Gasteiger partial charge in [-0.25, -0.2) is 0 Å².